The molecule has 0 spiro atoms. The molecule has 2 aliphatic carbocycles. The number of fused-ring (bicyclic) bond motifs is 4. The highest BCUT2D eigenvalue weighted by atomic mass is 15.1. The fourth-order valence-electron chi connectivity index (χ4n) is 10.5. The Bertz CT molecular complexity index is 2900. The van der Waals surface area contributed by atoms with Crippen LogP contribution in [0.25, 0.3) is 44.5 Å². The zero-order valence-corrected chi connectivity index (χ0v) is 42.6. The van der Waals surface area contributed by atoms with Crippen LogP contribution in [0.4, 0.5) is 17.1 Å². The van der Waals surface area contributed by atoms with Crippen molar-refractivity contribution >= 4 is 17.1 Å². The van der Waals surface area contributed by atoms with Gasteiger partial charge in [-0.05, 0) is 173 Å². The second kappa shape index (κ2) is 16.3. The number of anilines is 3. The van der Waals surface area contributed by atoms with E-state index in [2.05, 4.69) is 241 Å². The molecule has 0 radical (unpaired) electrons. The summed E-state index contributed by atoms with van der Waals surface area (Å²) >= 11 is 0. The molecule has 0 heterocycles. The smallest absolute Gasteiger partial charge is 0.0502 e. The number of hydrogen-bond acceptors (Lipinski definition) is 1. The highest BCUT2D eigenvalue weighted by Crippen LogP contribution is 2.52. The summed E-state index contributed by atoms with van der Waals surface area (Å²) in [6, 6.07) is 54.6. The lowest BCUT2D eigenvalue weighted by molar-refractivity contribution is 0.568. The molecule has 0 aliphatic heterocycles. The summed E-state index contributed by atoms with van der Waals surface area (Å²) in [5.41, 5.74) is 25.3. The van der Waals surface area contributed by atoms with Crippen LogP contribution in [-0.2, 0) is 39.9 Å². The summed E-state index contributed by atoms with van der Waals surface area (Å²) in [7, 11) is 0. The molecule has 0 bridgehead atoms. The Labute approximate surface area is 398 Å². The SMILES string of the molecule is CC(C)(C)c1cc(-c2ccc(N(c3ccc4c(c3)C(C)(C)c3ccccc3-4)c3cc(-c4cccc(-c5cc(C(C)(C)C)cc(C(C)(C)C)c5)c4)cc4c3CCCC4)cc2)cc(C(C)(C)C)c1. The van der Waals surface area contributed by atoms with Crippen LogP contribution in [-0.4, -0.2) is 0 Å². The molecule has 0 unspecified atom stereocenters. The average Bonchev–Trinajstić information content (AvgIpc) is 3.50. The van der Waals surface area contributed by atoms with Gasteiger partial charge < -0.3 is 4.90 Å². The fraction of sp³-hybridized carbons (Fsp3) is 0.354. The molecule has 0 saturated heterocycles. The van der Waals surface area contributed by atoms with E-state index in [-0.39, 0.29) is 27.1 Å². The van der Waals surface area contributed by atoms with Gasteiger partial charge >= 0.3 is 0 Å². The summed E-state index contributed by atoms with van der Waals surface area (Å²) in [6.45, 7) is 32.7. The molecule has 0 atom stereocenters. The molecule has 0 aromatic heterocycles. The van der Waals surface area contributed by atoms with Gasteiger partial charge in [-0.25, -0.2) is 0 Å². The van der Waals surface area contributed by atoms with Crippen LogP contribution in [0, 0.1) is 0 Å². The third-order valence-corrected chi connectivity index (χ3v) is 14.8. The van der Waals surface area contributed by atoms with Crippen molar-refractivity contribution in [3.8, 4) is 44.5 Å². The van der Waals surface area contributed by atoms with Gasteiger partial charge in [0, 0.05) is 16.8 Å². The third-order valence-electron chi connectivity index (χ3n) is 14.8. The molecule has 7 aromatic rings. The zero-order valence-electron chi connectivity index (χ0n) is 42.6. The minimum Gasteiger partial charge on any atom is -0.310 e. The lowest BCUT2D eigenvalue weighted by Gasteiger charge is -2.32. The van der Waals surface area contributed by atoms with Gasteiger partial charge in [-0.1, -0.05) is 200 Å². The van der Waals surface area contributed by atoms with Crippen molar-refractivity contribution in [1.29, 1.82) is 0 Å². The topological polar surface area (TPSA) is 3.24 Å². The molecule has 338 valence electrons. The first-order valence-electron chi connectivity index (χ1n) is 24.7. The molecule has 0 fully saturated rings. The number of rotatable bonds is 6. The highest BCUT2D eigenvalue weighted by molar-refractivity contribution is 5.89. The normalized spacial score (nSPS) is 14.7. The van der Waals surface area contributed by atoms with Gasteiger partial charge in [-0.3, -0.25) is 0 Å². The molecule has 0 saturated carbocycles. The molecule has 0 amide bonds. The first-order chi connectivity index (χ1) is 31.0. The summed E-state index contributed by atoms with van der Waals surface area (Å²) in [5.74, 6) is 0. The minimum atomic E-state index is -0.112. The van der Waals surface area contributed by atoms with E-state index >= 15 is 0 Å². The van der Waals surface area contributed by atoms with E-state index in [0.717, 1.165) is 12.8 Å². The van der Waals surface area contributed by atoms with Gasteiger partial charge in [-0.2, -0.15) is 0 Å². The number of benzene rings is 7. The Kier molecular flexibility index (Phi) is 11.2. The Hall–Kier alpha value is -5.66. The van der Waals surface area contributed by atoms with Gasteiger partial charge in [0.25, 0.3) is 0 Å². The van der Waals surface area contributed by atoms with E-state index in [9.17, 15) is 0 Å². The van der Waals surface area contributed by atoms with Crippen molar-refractivity contribution in [3.63, 3.8) is 0 Å². The van der Waals surface area contributed by atoms with Gasteiger partial charge in [0.15, 0.2) is 0 Å². The zero-order chi connectivity index (χ0) is 47.1. The standard InChI is InChI=1S/C65H73N/c1-61(2,3)49-34-47(35-50(39-49)62(4,5)6)42-26-28-53(29-27-42)66(54-30-31-57-56-24-17-18-25-58(56)65(13,14)59(57)41-54)60-38-46(33-45-20-15-16-23-55(45)60)43-21-19-22-44(32-43)48-36-51(63(7,8)9)40-52(37-48)64(10,11)12/h17-19,21-22,24-41H,15-16,20,23H2,1-14H3. The molecule has 7 aromatic carbocycles. The fourth-order valence-corrected chi connectivity index (χ4v) is 10.5. The van der Waals surface area contributed by atoms with Crippen molar-refractivity contribution in [2.75, 3.05) is 4.90 Å². The Morgan fingerprint density at radius 2 is 0.864 bits per heavy atom. The summed E-state index contributed by atoms with van der Waals surface area (Å²) < 4.78 is 0. The minimum absolute atomic E-state index is 0.0449. The van der Waals surface area contributed by atoms with Crippen LogP contribution in [0.15, 0.2) is 140 Å². The van der Waals surface area contributed by atoms with E-state index in [1.54, 1.807) is 0 Å². The van der Waals surface area contributed by atoms with Crippen LogP contribution in [0.5, 0.6) is 0 Å². The lowest BCUT2D eigenvalue weighted by atomic mass is 9.79. The second-order valence-corrected chi connectivity index (χ2v) is 24.3. The summed E-state index contributed by atoms with van der Waals surface area (Å²) in [5, 5.41) is 0. The van der Waals surface area contributed by atoms with Crippen molar-refractivity contribution in [1.82, 2.24) is 0 Å². The van der Waals surface area contributed by atoms with Crippen molar-refractivity contribution in [2.24, 2.45) is 0 Å². The van der Waals surface area contributed by atoms with Gasteiger partial charge in [-0.15, -0.1) is 0 Å². The monoisotopic (exact) mass is 868 g/mol. The summed E-state index contributed by atoms with van der Waals surface area (Å²) in [6.07, 6.45) is 4.59. The largest absolute Gasteiger partial charge is 0.310 e. The Balaban J connectivity index is 1.22. The molecule has 1 nitrogen and oxygen atoms in total. The van der Waals surface area contributed by atoms with Crippen molar-refractivity contribution in [3.05, 3.63) is 184 Å². The highest BCUT2D eigenvalue weighted by Gasteiger charge is 2.36. The van der Waals surface area contributed by atoms with Crippen LogP contribution >= 0.6 is 0 Å². The van der Waals surface area contributed by atoms with E-state index < -0.39 is 0 Å². The van der Waals surface area contributed by atoms with Crippen molar-refractivity contribution in [2.45, 2.75) is 150 Å². The van der Waals surface area contributed by atoms with Crippen LogP contribution in [0.3, 0.4) is 0 Å². The van der Waals surface area contributed by atoms with Gasteiger partial charge in [0.2, 0.25) is 0 Å². The molecular weight excluding hydrogens is 795 g/mol. The van der Waals surface area contributed by atoms with Crippen LogP contribution in [0.1, 0.15) is 154 Å². The van der Waals surface area contributed by atoms with Crippen LogP contribution in [0.2, 0.25) is 0 Å². The Morgan fingerprint density at radius 3 is 1.42 bits per heavy atom. The molecule has 0 N–H and O–H groups in total. The lowest BCUT2D eigenvalue weighted by Crippen LogP contribution is -2.18. The maximum absolute atomic E-state index is 2.59. The predicted molar refractivity (Wildman–Crippen MR) is 286 cm³/mol. The molecule has 1 heteroatoms. The maximum Gasteiger partial charge on any atom is 0.0502 e. The third kappa shape index (κ3) is 8.60. The van der Waals surface area contributed by atoms with Gasteiger partial charge in [0.1, 0.15) is 0 Å². The first kappa shape index (κ1) is 45.5. The molecule has 9 rings (SSSR count). The van der Waals surface area contributed by atoms with E-state index in [1.807, 2.05) is 0 Å². The molecule has 2 aliphatic rings. The Morgan fingerprint density at radius 1 is 0.379 bits per heavy atom. The van der Waals surface area contributed by atoms with Crippen molar-refractivity contribution < 1.29 is 0 Å². The van der Waals surface area contributed by atoms with E-state index in [0.29, 0.717) is 0 Å². The maximum atomic E-state index is 2.59. The van der Waals surface area contributed by atoms with Gasteiger partial charge in [0.05, 0.1) is 5.69 Å². The number of aryl methyl sites for hydroxylation is 1. The quantitative estimate of drug-likeness (QED) is 0.161. The summed E-state index contributed by atoms with van der Waals surface area (Å²) in [4.78, 5) is 2.59. The first-order valence-corrected chi connectivity index (χ1v) is 24.7. The predicted octanol–water partition coefficient (Wildman–Crippen LogP) is 18.5. The number of nitrogens with zero attached hydrogens (tertiary/aromatic N) is 1. The molecule has 66 heavy (non-hydrogen) atoms. The molecular formula is C65H73N. The van der Waals surface area contributed by atoms with E-state index in [4.69, 9.17) is 0 Å². The second-order valence-electron chi connectivity index (χ2n) is 24.3. The van der Waals surface area contributed by atoms with E-state index in [1.165, 1.54) is 119 Å². The average molecular weight is 868 g/mol. The number of hydrogen-bond donors (Lipinski definition) is 0. The van der Waals surface area contributed by atoms with Crippen LogP contribution < -0.4 is 4.90 Å².